The first-order valence-electron chi connectivity index (χ1n) is 6.08. The number of aromatic nitrogens is 1. The summed E-state index contributed by atoms with van der Waals surface area (Å²) in [7, 11) is -3.67. The molecule has 0 aliphatic heterocycles. The zero-order valence-electron chi connectivity index (χ0n) is 10.7. The molecular formula is C15H12FNO2S. The Hall–Kier alpha value is -2.14. The average Bonchev–Trinajstić information content (AvgIpc) is 2.75. The standard InChI is InChI=1S/C15H12FNO2S/c1-11-9-12-10-13(16)7-8-15(12)17(11)20(18,19)14-5-3-2-4-6-14/h2-10H,1H3. The van der Waals surface area contributed by atoms with Crippen LogP contribution in [0, 0.1) is 12.7 Å². The Labute approximate surface area is 116 Å². The van der Waals surface area contributed by atoms with Gasteiger partial charge >= 0.3 is 0 Å². The molecule has 5 heteroatoms. The molecule has 1 aromatic heterocycles. The zero-order chi connectivity index (χ0) is 14.3. The fourth-order valence-corrected chi connectivity index (χ4v) is 3.89. The molecule has 20 heavy (non-hydrogen) atoms. The third-order valence-corrected chi connectivity index (χ3v) is 5.01. The molecule has 0 fully saturated rings. The Balaban J connectivity index is 2.32. The molecule has 0 amide bonds. The van der Waals surface area contributed by atoms with E-state index in [0.29, 0.717) is 16.6 Å². The van der Waals surface area contributed by atoms with Gasteiger partial charge in [-0.05, 0) is 43.3 Å². The first-order valence-corrected chi connectivity index (χ1v) is 7.52. The number of hydrogen-bond acceptors (Lipinski definition) is 2. The van der Waals surface area contributed by atoms with Crippen molar-refractivity contribution in [2.75, 3.05) is 0 Å². The Bertz CT molecular complexity index is 883. The maximum atomic E-state index is 13.2. The van der Waals surface area contributed by atoms with Gasteiger partial charge in [0, 0.05) is 11.1 Å². The molecule has 0 bridgehead atoms. The molecule has 0 aliphatic carbocycles. The molecule has 2 aromatic carbocycles. The molecule has 0 aliphatic rings. The number of fused-ring (bicyclic) bond motifs is 1. The smallest absolute Gasteiger partial charge is 0.238 e. The van der Waals surface area contributed by atoms with Gasteiger partial charge in [-0.1, -0.05) is 18.2 Å². The highest BCUT2D eigenvalue weighted by Crippen LogP contribution is 2.25. The van der Waals surface area contributed by atoms with E-state index in [-0.39, 0.29) is 10.7 Å². The van der Waals surface area contributed by atoms with Crippen molar-refractivity contribution in [3.8, 4) is 0 Å². The van der Waals surface area contributed by atoms with Gasteiger partial charge in [-0.25, -0.2) is 16.8 Å². The van der Waals surface area contributed by atoms with E-state index >= 15 is 0 Å². The van der Waals surface area contributed by atoms with Crippen LogP contribution in [-0.4, -0.2) is 12.4 Å². The summed E-state index contributed by atoms with van der Waals surface area (Å²) >= 11 is 0. The van der Waals surface area contributed by atoms with Crippen molar-refractivity contribution in [1.82, 2.24) is 3.97 Å². The number of benzene rings is 2. The van der Waals surface area contributed by atoms with E-state index in [1.165, 1.54) is 22.2 Å². The maximum Gasteiger partial charge on any atom is 0.268 e. The SMILES string of the molecule is Cc1cc2cc(F)ccc2n1S(=O)(=O)c1ccccc1. The number of nitrogens with zero attached hydrogens (tertiary/aromatic N) is 1. The van der Waals surface area contributed by atoms with Crippen LogP contribution in [0.3, 0.4) is 0 Å². The van der Waals surface area contributed by atoms with Crippen molar-refractivity contribution in [2.24, 2.45) is 0 Å². The Morgan fingerprint density at radius 2 is 1.70 bits per heavy atom. The maximum absolute atomic E-state index is 13.2. The van der Waals surface area contributed by atoms with E-state index in [9.17, 15) is 12.8 Å². The highest BCUT2D eigenvalue weighted by molar-refractivity contribution is 7.90. The lowest BCUT2D eigenvalue weighted by atomic mass is 10.2. The fraction of sp³-hybridized carbons (Fsp3) is 0.0667. The Morgan fingerprint density at radius 3 is 2.40 bits per heavy atom. The summed E-state index contributed by atoms with van der Waals surface area (Å²) in [6, 6.07) is 13.9. The van der Waals surface area contributed by atoms with E-state index in [0.717, 1.165) is 0 Å². The van der Waals surface area contributed by atoms with Crippen LogP contribution in [0.25, 0.3) is 10.9 Å². The van der Waals surface area contributed by atoms with Crippen LogP contribution in [0.15, 0.2) is 59.5 Å². The molecule has 3 nitrogen and oxygen atoms in total. The molecule has 0 saturated carbocycles. The summed E-state index contributed by atoms with van der Waals surface area (Å²) in [4.78, 5) is 0.213. The van der Waals surface area contributed by atoms with Crippen LogP contribution < -0.4 is 0 Å². The van der Waals surface area contributed by atoms with E-state index < -0.39 is 10.0 Å². The van der Waals surface area contributed by atoms with Crippen molar-refractivity contribution in [1.29, 1.82) is 0 Å². The molecule has 3 aromatic rings. The monoisotopic (exact) mass is 289 g/mol. The summed E-state index contributed by atoms with van der Waals surface area (Å²) < 4.78 is 39.9. The number of rotatable bonds is 2. The third-order valence-electron chi connectivity index (χ3n) is 3.17. The average molecular weight is 289 g/mol. The molecule has 0 atom stereocenters. The number of aryl methyl sites for hydroxylation is 1. The van der Waals surface area contributed by atoms with E-state index in [2.05, 4.69) is 0 Å². The first kappa shape index (κ1) is 12.9. The molecule has 0 spiro atoms. The minimum absolute atomic E-state index is 0.213. The van der Waals surface area contributed by atoms with Gasteiger partial charge in [-0.2, -0.15) is 0 Å². The highest BCUT2D eigenvalue weighted by atomic mass is 32.2. The van der Waals surface area contributed by atoms with Gasteiger partial charge in [-0.3, -0.25) is 0 Å². The van der Waals surface area contributed by atoms with Gasteiger partial charge in [0.05, 0.1) is 10.4 Å². The minimum Gasteiger partial charge on any atom is -0.238 e. The van der Waals surface area contributed by atoms with Gasteiger partial charge in [0.15, 0.2) is 0 Å². The molecule has 0 radical (unpaired) electrons. The van der Waals surface area contributed by atoms with E-state index in [1.807, 2.05) is 0 Å². The largest absolute Gasteiger partial charge is 0.268 e. The molecule has 1 heterocycles. The van der Waals surface area contributed by atoms with Gasteiger partial charge in [0.25, 0.3) is 10.0 Å². The van der Waals surface area contributed by atoms with E-state index in [4.69, 9.17) is 0 Å². The van der Waals surface area contributed by atoms with E-state index in [1.54, 1.807) is 43.3 Å². The lowest BCUT2D eigenvalue weighted by molar-refractivity contribution is 0.588. The van der Waals surface area contributed by atoms with Gasteiger partial charge in [0.1, 0.15) is 5.82 Å². The molecule has 0 unspecified atom stereocenters. The molecular weight excluding hydrogens is 277 g/mol. The number of hydrogen-bond donors (Lipinski definition) is 0. The quantitative estimate of drug-likeness (QED) is 0.726. The van der Waals surface area contributed by atoms with Crippen molar-refractivity contribution >= 4 is 20.9 Å². The molecule has 0 saturated heterocycles. The van der Waals surface area contributed by atoms with Crippen LogP contribution in [-0.2, 0) is 10.0 Å². The third kappa shape index (κ3) is 1.91. The first-order chi connectivity index (χ1) is 9.50. The van der Waals surface area contributed by atoms with Gasteiger partial charge in [-0.15, -0.1) is 0 Å². The zero-order valence-corrected chi connectivity index (χ0v) is 11.6. The topological polar surface area (TPSA) is 39.1 Å². The minimum atomic E-state index is -3.67. The number of halogens is 1. The highest BCUT2D eigenvalue weighted by Gasteiger charge is 2.21. The van der Waals surface area contributed by atoms with Crippen molar-refractivity contribution in [3.63, 3.8) is 0 Å². The van der Waals surface area contributed by atoms with Crippen LogP contribution in [0.4, 0.5) is 4.39 Å². The van der Waals surface area contributed by atoms with Crippen molar-refractivity contribution < 1.29 is 12.8 Å². The summed E-state index contributed by atoms with van der Waals surface area (Å²) in [6.45, 7) is 1.69. The van der Waals surface area contributed by atoms with Crippen molar-refractivity contribution in [2.45, 2.75) is 11.8 Å². The van der Waals surface area contributed by atoms with Crippen LogP contribution in [0.2, 0.25) is 0 Å². The summed E-state index contributed by atoms with van der Waals surface area (Å²) in [5.74, 6) is -0.383. The second-order valence-electron chi connectivity index (χ2n) is 4.57. The van der Waals surface area contributed by atoms with Gasteiger partial charge in [0.2, 0.25) is 0 Å². The second-order valence-corrected chi connectivity index (χ2v) is 6.36. The lowest BCUT2D eigenvalue weighted by Crippen LogP contribution is -2.14. The van der Waals surface area contributed by atoms with Crippen LogP contribution >= 0.6 is 0 Å². The summed E-state index contributed by atoms with van der Waals surface area (Å²) in [5, 5.41) is 0.571. The van der Waals surface area contributed by atoms with Gasteiger partial charge < -0.3 is 0 Å². The Kier molecular flexibility index (Phi) is 2.87. The second kappa shape index (κ2) is 4.45. The molecule has 0 N–H and O–H groups in total. The summed E-state index contributed by atoms with van der Waals surface area (Å²) in [6.07, 6.45) is 0. The molecule has 3 rings (SSSR count). The van der Waals surface area contributed by atoms with Crippen LogP contribution in [0.1, 0.15) is 5.69 Å². The Morgan fingerprint density at radius 1 is 1.00 bits per heavy atom. The summed E-state index contributed by atoms with van der Waals surface area (Å²) in [5.41, 5.74) is 1.03. The molecule has 102 valence electrons. The van der Waals surface area contributed by atoms with Crippen molar-refractivity contribution in [3.05, 3.63) is 66.1 Å². The fourth-order valence-electron chi connectivity index (χ4n) is 2.32. The normalized spacial score (nSPS) is 11.9. The predicted octanol–water partition coefficient (Wildman–Crippen LogP) is 3.33. The predicted molar refractivity (Wildman–Crippen MR) is 75.7 cm³/mol. The lowest BCUT2D eigenvalue weighted by Gasteiger charge is -2.09. The van der Waals surface area contributed by atoms with Crippen LogP contribution in [0.5, 0.6) is 0 Å².